The lowest BCUT2D eigenvalue weighted by Crippen LogP contribution is -2.67. The zero-order valence-electron chi connectivity index (χ0n) is 31.1. The van der Waals surface area contributed by atoms with Crippen LogP contribution >= 0.6 is 0 Å². The third kappa shape index (κ3) is 5.70. The van der Waals surface area contributed by atoms with Crippen molar-refractivity contribution < 1.29 is 24.2 Å². The van der Waals surface area contributed by atoms with Crippen LogP contribution in [-0.4, -0.2) is 48.7 Å². The van der Waals surface area contributed by atoms with Gasteiger partial charge in [-0.2, -0.15) is 0 Å². The fourth-order valence-electron chi connectivity index (χ4n) is 13.1. The molecule has 7 heteroatoms. The molecule has 5 saturated carbocycles. The van der Waals surface area contributed by atoms with Gasteiger partial charge in [0.25, 0.3) is 0 Å². The second-order valence-corrected chi connectivity index (χ2v) is 18.5. The predicted molar refractivity (Wildman–Crippen MR) is 186 cm³/mol. The van der Waals surface area contributed by atoms with E-state index in [4.69, 9.17) is 4.74 Å². The van der Waals surface area contributed by atoms with E-state index in [1.165, 1.54) is 31.9 Å². The Morgan fingerprint density at radius 1 is 0.894 bits per heavy atom. The highest BCUT2D eigenvalue weighted by Crippen LogP contribution is 2.77. The Morgan fingerprint density at radius 3 is 2.23 bits per heavy atom. The Hall–Kier alpha value is -1.89. The minimum Gasteiger partial charge on any atom is -0.467 e. The molecule has 5 rings (SSSR count). The first-order chi connectivity index (χ1) is 21.9. The first-order valence-electron chi connectivity index (χ1n) is 18.9. The van der Waals surface area contributed by atoms with E-state index in [-0.39, 0.29) is 64.4 Å². The number of ether oxygens (including phenoxy) is 1. The van der Waals surface area contributed by atoms with Crippen LogP contribution in [0.3, 0.4) is 0 Å². The van der Waals surface area contributed by atoms with Crippen LogP contribution in [0.4, 0.5) is 0 Å². The number of carbonyl (C=O) groups is 3. The quantitative estimate of drug-likeness (QED) is 0.180. The SMILES string of the molecule is C=C(C)[C@@H]1CC[C@]2(C(=O)NCCC(=O)N[C@@H](CC(C)C)C(=O)OC)CC[C@]3(C)[C@H](CC[C@@H]4[C@@]5(C)CC[C@H](O)C(C)(C)[C@@H]5CC[C@]43C)[C@@H]12. The van der Waals surface area contributed by atoms with Crippen molar-refractivity contribution in [3.8, 4) is 0 Å². The van der Waals surface area contributed by atoms with Crippen molar-refractivity contribution in [2.45, 2.75) is 145 Å². The Labute approximate surface area is 285 Å². The molecule has 47 heavy (non-hydrogen) atoms. The zero-order chi connectivity index (χ0) is 34.7. The molecule has 0 unspecified atom stereocenters. The van der Waals surface area contributed by atoms with Gasteiger partial charge in [-0.05, 0) is 135 Å². The highest BCUT2D eigenvalue weighted by Gasteiger charge is 2.71. The minimum atomic E-state index is -0.674. The number of rotatable bonds is 9. The number of methoxy groups -OCH3 is 1. The molecule has 0 aromatic carbocycles. The number of amides is 2. The predicted octanol–water partition coefficient (Wildman–Crippen LogP) is 7.22. The molecule has 11 atom stereocenters. The molecule has 5 aliphatic carbocycles. The van der Waals surface area contributed by atoms with Crippen LogP contribution in [-0.2, 0) is 19.1 Å². The largest absolute Gasteiger partial charge is 0.467 e. The van der Waals surface area contributed by atoms with E-state index in [2.05, 4.69) is 58.8 Å². The molecule has 0 aliphatic heterocycles. The average molecular weight is 655 g/mol. The van der Waals surface area contributed by atoms with Gasteiger partial charge in [0, 0.05) is 13.0 Å². The maximum absolute atomic E-state index is 14.4. The average Bonchev–Trinajstić information content (AvgIpc) is 3.40. The summed E-state index contributed by atoms with van der Waals surface area (Å²) in [5, 5.41) is 17.1. The van der Waals surface area contributed by atoms with E-state index in [0.29, 0.717) is 30.1 Å². The summed E-state index contributed by atoms with van der Waals surface area (Å²) in [5.41, 5.74) is 1.26. The maximum atomic E-state index is 14.4. The lowest BCUT2D eigenvalue weighted by atomic mass is 9.32. The van der Waals surface area contributed by atoms with Crippen LogP contribution in [0.1, 0.15) is 132 Å². The monoisotopic (exact) mass is 654 g/mol. The summed E-state index contributed by atoms with van der Waals surface area (Å²) in [7, 11) is 1.34. The van der Waals surface area contributed by atoms with Crippen molar-refractivity contribution in [2.24, 2.45) is 62.6 Å². The number of hydrogen-bond donors (Lipinski definition) is 3. The van der Waals surface area contributed by atoms with Gasteiger partial charge < -0.3 is 20.5 Å². The topological polar surface area (TPSA) is 105 Å². The Kier molecular flexibility index (Phi) is 9.89. The first kappa shape index (κ1) is 36.4. The van der Waals surface area contributed by atoms with Gasteiger partial charge in [-0.25, -0.2) is 4.79 Å². The molecule has 5 fully saturated rings. The van der Waals surface area contributed by atoms with Crippen LogP contribution in [0.5, 0.6) is 0 Å². The Morgan fingerprint density at radius 2 is 1.60 bits per heavy atom. The highest BCUT2D eigenvalue weighted by atomic mass is 16.5. The molecule has 0 bridgehead atoms. The number of carbonyl (C=O) groups excluding carboxylic acids is 3. The van der Waals surface area contributed by atoms with Gasteiger partial charge in [-0.3, -0.25) is 9.59 Å². The number of aliphatic hydroxyl groups is 1. The molecule has 266 valence electrons. The molecule has 0 saturated heterocycles. The van der Waals surface area contributed by atoms with Crippen molar-refractivity contribution in [1.82, 2.24) is 10.6 Å². The number of aliphatic hydroxyl groups excluding tert-OH is 1. The van der Waals surface area contributed by atoms with Crippen LogP contribution in [0.15, 0.2) is 12.2 Å². The molecule has 3 N–H and O–H groups in total. The van der Waals surface area contributed by atoms with E-state index in [1.807, 2.05) is 13.8 Å². The fourth-order valence-corrected chi connectivity index (χ4v) is 13.1. The van der Waals surface area contributed by atoms with E-state index in [9.17, 15) is 19.5 Å². The summed E-state index contributed by atoms with van der Waals surface area (Å²) < 4.78 is 4.91. The number of allylic oxidation sites excluding steroid dienone is 1. The second-order valence-electron chi connectivity index (χ2n) is 18.5. The van der Waals surface area contributed by atoms with Gasteiger partial charge in [0.2, 0.25) is 11.8 Å². The standard InChI is InChI=1S/C40H66N2O5/c1-24(2)23-28(34(45)47-10)42-32(44)16-22-41-35(46)40-19-13-26(25(3)4)33(40)27-11-12-30-37(7)17-15-31(43)36(5,6)29(37)14-18-39(30,9)38(27,8)20-21-40/h24,26-31,33,43H,3,11-23H2,1-2,4-10H3,(H,41,46)(H,42,44)/t26-,27+,28-,29-,30+,31-,33+,37-,38+,39+,40-/m0/s1. The van der Waals surface area contributed by atoms with E-state index in [1.54, 1.807) is 0 Å². The lowest BCUT2D eigenvalue weighted by molar-refractivity contribution is -0.246. The Bertz CT molecular complexity index is 1240. The van der Waals surface area contributed by atoms with Crippen molar-refractivity contribution in [1.29, 1.82) is 0 Å². The van der Waals surface area contributed by atoms with Gasteiger partial charge in [-0.15, -0.1) is 0 Å². The number of hydrogen-bond acceptors (Lipinski definition) is 5. The molecule has 7 nitrogen and oxygen atoms in total. The number of esters is 1. The van der Waals surface area contributed by atoms with Crippen LogP contribution in [0.2, 0.25) is 0 Å². The summed E-state index contributed by atoms with van der Waals surface area (Å²) in [4.78, 5) is 39.5. The molecule has 0 heterocycles. The maximum Gasteiger partial charge on any atom is 0.328 e. The van der Waals surface area contributed by atoms with E-state index in [0.717, 1.165) is 44.9 Å². The van der Waals surface area contributed by atoms with Crippen LogP contribution in [0.25, 0.3) is 0 Å². The van der Waals surface area contributed by atoms with E-state index < -0.39 is 17.4 Å². The van der Waals surface area contributed by atoms with Gasteiger partial charge in [-0.1, -0.05) is 60.6 Å². The van der Waals surface area contributed by atoms with Gasteiger partial charge in [0.05, 0.1) is 18.6 Å². The van der Waals surface area contributed by atoms with Crippen molar-refractivity contribution in [3.05, 3.63) is 12.2 Å². The molecule has 0 aromatic heterocycles. The second kappa shape index (κ2) is 12.8. The third-order valence-corrected chi connectivity index (χ3v) is 15.7. The summed E-state index contributed by atoms with van der Waals surface area (Å²) >= 11 is 0. The van der Waals surface area contributed by atoms with Crippen molar-refractivity contribution >= 4 is 17.8 Å². The summed E-state index contributed by atoms with van der Waals surface area (Å²) in [6.07, 6.45) is 11.0. The fraction of sp³-hybridized carbons (Fsp3) is 0.875. The van der Waals surface area contributed by atoms with Crippen LogP contribution < -0.4 is 10.6 Å². The van der Waals surface area contributed by atoms with Gasteiger partial charge >= 0.3 is 5.97 Å². The van der Waals surface area contributed by atoms with Gasteiger partial charge in [0.15, 0.2) is 0 Å². The van der Waals surface area contributed by atoms with Gasteiger partial charge in [0.1, 0.15) is 6.04 Å². The summed E-state index contributed by atoms with van der Waals surface area (Å²) in [6.45, 7) is 23.3. The Balaban J connectivity index is 1.35. The molecular formula is C40H66N2O5. The first-order valence-corrected chi connectivity index (χ1v) is 18.9. The summed E-state index contributed by atoms with van der Waals surface area (Å²) in [5.74, 6) is 1.86. The minimum absolute atomic E-state index is 0.0616. The molecule has 5 aliphatic rings. The molecule has 2 amide bonds. The lowest BCUT2D eigenvalue weighted by Gasteiger charge is -2.72. The molecule has 0 radical (unpaired) electrons. The van der Waals surface area contributed by atoms with Crippen LogP contribution in [0, 0.1) is 62.6 Å². The zero-order valence-corrected chi connectivity index (χ0v) is 31.1. The third-order valence-electron chi connectivity index (χ3n) is 15.7. The van der Waals surface area contributed by atoms with Crippen molar-refractivity contribution in [2.75, 3.05) is 13.7 Å². The molecule has 0 aromatic rings. The number of fused-ring (bicyclic) bond motifs is 7. The van der Waals surface area contributed by atoms with E-state index >= 15 is 0 Å². The normalized spacial score (nSPS) is 42.6. The van der Waals surface area contributed by atoms with Crippen molar-refractivity contribution in [3.63, 3.8) is 0 Å². The molecule has 0 spiro atoms. The summed E-state index contributed by atoms with van der Waals surface area (Å²) in [6, 6.07) is -0.674. The number of nitrogens with one attached hydrogen (secondary N) is 2. The molecular weight excluding hydrogens is 588 g/mol. The smallest absolute Gasteiger partial charge is 0.328 e. The highest BCUT2D eigenvalue weighted by molar-refractivity contribution is 5.86.